The lowest BCUT2D eigenvalue weighted by molar-refractivity contribution is -0.137. The van der Waals surface area contributed by atoms with Gasteiger partial charge in [-0.15, -0.1) is 10.2 Å². The third-order valence-electron chi connectivity index (χ3n) is 5.34. The number of alkyl halides is 3. The molecule has 3 nitrogen and oxygen atoms in total. The van der Waals surface area contributed by atoms with E-state index in [-0.39, 0.29) is 0 Å². The van der Waals surface area contributed by atoms with Crippen molar-refractivity contribution in [2.24, 2.45) is 0 Å². The third-order valence-corrected chi connectivity index (χ3v) is 5.34. The summed E-state index contributed by atoms with van der Waals surface area (Å²) in [5, 5.41) is 8.37. The van der Waals surface area contributed by atoms with Crippen LogP contribution in [0.2, 0.25) is 0 Å². The molecule has 0 radical (unpaired) electrons. The van der Waals surface area contributed by atoms with Crippen LogP contribution in [0.1, 0.15) is 5.56 Å². The Bertz CT molecular complexity index is 1370. The highest BCUT2D eigenvalue weighted by Crippen LogP contribution is 2.35. The Hall–Kier alpha value is -4.19. The standard InChI is InChI=1S/C27H17F3N2O/c28-27(29,30)22-16-14-20(15-17-22)23-8-4-5-9-24(23)26-32-31-25(33-26)21-12-10-19(11-13-21)18-6-2-1-3-7-18/h1-17H. The Morgan fingerprint density at radius 2 is 1.00 bits per heavy atom. The molecule has 0 unspecified atom stereocenters. The predicted molar refractivity (Wildman–Crippen MR) is 121 cm³/mol. The molecule has 6 heteroatoms. The molecule has 0 atom stereocenters. The second-order valence-electron chi connectivity index (χ2n) is 7.48. The summed E-state index contributed by atoms with van der Waals surface area (Å²) in [6, 6.07) is 30.1. The molecule has 5 aromatic rings. The maximum Gasteiger partial charge on any atom is 0.416 e. The lowest BCUT2D eigenvalue weighted by Crippen LogP contribution is -2.04. The number of nitrogens with zero attached hydrogens (tertiary/aromatic N) is 2. The molecule has 1 aromatic heterocycles. The maximum absolute atomic E-state index is 12.9. The summed E-state index contributed by atoms with van der Waals surface area (Å²) < 4.78 is 44.7. The quantitative estimate of drug-likeness (QED) is 0.286. The van der Waals surface area contributed by atoms with Crippen LogP contribution >= 0.6 is 0 Å². The van der Waals surface area contributed by atoms with Crippen molar-refractivity contribution >= 4 is 0 Å². The molecule has 0 fully saturated rings. The van der Waals surface area contributed by atoms with Crippen LogP contribution in [-0.2, 0) is 6.18 Å². The van der Waals surface area contributed by atoms with Crippen LogP contribution in [0.5, 0.6) is 0 Å². The van der Waals surface area contributed by atoms with Crippen LogP contribution in [0.15, 0.2) is 108 Å². The van der Waals surface area contributed by atoms with Gasteiger partial charge in [0.05, 0.1) is 5.56 Å². The Morgan fingerprint density at radius 3 is 1.67 bits per heavy atom. The smallest absolute Gasteiger partial charge is 0.416 e. The second kappa shape index (κ2) is 8.39. The van der Waals surface area contributed by atoms with Gasteiger partial charge in [0.15, 0.2) is 0 Å². The van der Waals surface area contributed by atoms with Gasteiger partial charge in [0.1, 0.15) is 0 Å². The Labute approximate surface area is 188 Å². The molecule has 162 valence electrons. The molecular formula is C27H17F3N2O. The molecule has 0 spiro atoms. The number of rotatable bonds is 4. The minimum atomic E-state index is -4.38. The van der Waals surface area contributed by atoms with Gasteiger partial charge in [-0.3, -0.25) is 0 Å². The first kappa shape index (κ1) is 20.7. The zero-order chi connectivity index (χ0) is 22.8. The first-order valence-electron chi connectivity index (χ1n) is 10.3. The number of halogens is 3. The zero-order valence-corrected chi connectivity index (χ0v) is 17.3. The average molecular weight is 442 g/mol. The van der Waals surface area contributed by atoms with Gasteiger partial charge in [-0.25, -0.2) is 0 Å². The van der Waals surface area contributed by atoms with Crippen LogP contribution in [0.25, 0.3) is 45.2 Å². The second-order valence-corrected chi connectivity index (χ2v) is 7.48. The molecule has 0 aliphatic carbocycles. The van der Waals surface area contributed by atoms with E-state index < -0.39 is 11.7 Å². The minimum absolute atomic E-state index is 0.299. The van der Waals surface area contributed by atoms with E-state index in [4.69, 9.17) is 4.42 Å². The van der Waals surface area contributed by atoms with E-state index in [1.54, 1.807) is 0 Å². The van der Waals surface area contributed by atoms with Crippen LogP contribution in [-0.4, -0.2) is 10.2 Å². The van der Waals surface area contributed by atoms with Crippen molar-refractivity contribution in [3.05, 3.63) is 109 Å². The molecule has 0 saturated heterocycles. The van der Waals surface area contributed by atoms with Gasteiger partial charge in [-0.1, -0.05) is 72.8 Å². The third kappa shape index (κ3) is 4.28. The van der Waals surface area contributed by atoms with Crippen molar-refractivity contribution < 1.29 is 17.6 Å². The highest BCUT2D eigenvalue weighted by Gasteiger charge is 2.30. The van der Waals surface area contributed by atoms with E-state index in [1.165, 1.54) is 12.1 Å². The highest BCUT2D eigenvalue weighted by atomic mass is 19.4. The molecule has 4 aromatic carbocycles. The number of hydrogen-bond acceptors (Lipinski definition) is 3. The van der Waals surface area contributed by atoms with E-state index in [0.717, 1.165) is 28.8 Å². The monoisotopic (exact) mass is 442 g/mol. The molecule has 0 amide bonds. The van der Waals surface area contributed by atoms with E-state index in [2.05, 4.69) is 10.2 Å². The summed E-state index contributed by atoms with van der Waals surface area (Å²) in [6.45, 7) is 0. The molecule has 0 aliphatic rings. The van der Waals surface area contributed by atoms with Crippen molar-refractivity contribution in [2.75, 3.05) is 0 Å². The molecule has 1 heterocycles. The first-order valence-corrected chi connectivity index (χ1v) is 10.3. The van der Waals surface area contributed by atoms with Crippen LogP contribution in [0.4, 0.5) is 13.2 Å². The number of hydrogen-bond donors (Lipinski definition) is 0. The largest absolute Gasteiger partial charge is 0.416 e. The Kier molecular flexibility index (Phi) is 5.26. The van der Waals surface area contributed by atoms with Gasteiger partial charge in [-0.05, 0) is 52.6 Å². The zero-order valence-electron chi connectivity index (χ0n) is 17.3. The summed E-state index contributed by atoms with van der Waals surface area (Å²) >= 11 is 0. The molecule has 0 bridgehead atoms. The van der Waals surface area contributed by atoms with E-state index in [9.17, 15) is 13.2 Å². The maximum atomic E-state index is 12.9. The fourth-order valence-corrected chi connectivity index (χ4v) is 3.64. The minimum Gasteiger partial charge on any atom is -0.416 e. The summed E-state index contributed by atoms with van der Waals surface area (Å²) in [5.74, 6) is 0.666. The molecule has 0 aliphatic heterocycles. The lowest BCUT2D eigenvalue weighted by atomic mass is 9.98. The van der Waals surface area contributed by atoms with E-state index in [0.29, 0.717) is 28.5 Å². The van der Waals surface area contributed by atoms with Gasteiger partial charge in [0, 0.05) is 11.1 Å². The Balaban J connectivity index is 1.45. The van der Waals surface area contributed by atoms with E-state index in [1.807, 2.05) is 78.9 Å². The fraction of sp³-hybridized carbons (Fsp3) is 0.0370. The highest BCUT2D eigenvalue weighted by molar-refractivity contribution is 5.80. The van der Waals surface area contributed by atoms with Crippen molar-refractivity contribution in [3.8, 4) is 45.2 Å². The summed E-state index contributed by atoms with van der Waals surface area (Å²) in [6.07, 6.45) is -4.38. The topological polar surface area (TPSA) is 38.9 Å². The molecule has 5 rings (SSSR count). The van der Waals surface area contributed by atoms with Gasteiger partial charge >= 0.3 is 6.18 Å². The normalized spacial score (nSPS) is 11.5. The van der Waals surface area contributed by atoms with Crippen LogP contribution < -0.4 is 0 Å². The van der Waals surface area contributed by atoms with E-state index >= 15 is 0 Å². The first-order chi connectivity index (χ1) is 16.0. The fourth-order valence-electron chi connectivity index (χ4n) is 3.64. The van der Waals surface area contributed by atoms with Gasteiger partial charge in [0.25, 0.3) is 0 Å². The van der Waals surface area contributed by atoms with Gasteiger partial charge in [0.2, 0.25) is 11.8 Å². The molecule has 33 heavy (non-hydrogen) atoms. The lowest BCUT2D eigenvalue weighted by Gasteiger charge is -2.09. The summed E-state index contributed by atoms with van der Waals surface area (Å²) in [5.41, 5.74) is 4.26. The molecule has 0 saturated carbocycles. The van der Waals surface area contributed by atoms with Gasteiger partial charge < -0.3 is 4.42 Å². The van der Waals surface area contributed by atoms with Crippen molar-refractivity contribution in [1.82, 2.24) is 10.2 Å². The van der Waals surface area contributed by atoms with Crippen LogP contribution in [0, 0.1) is 0 Å². The SMILES string of the molecule is FC(F)(F)c1ccc(-c2ccccc2-c2nnc(-c3ccc(-c4ccccc4)cc3)o2)cc1. The van der Waals surface area contributed by atoms with Gasteiger partial charge in [-0.2, -0.15) is 13.2 Å². The average Bonchev–Trinajstić information content (AvgIpc) is 3.35. The summed E-state index contributed by atoms with van der Waals surface area (Å²) in [4.78, 5) is 0. The number of aromatic nitrogens is 2. The van der Waals surface area contributed by atoms with Crippen LogP contribution in [0.3, 0.4) is 0 Å². The molecule has 0 N–H and O–H groups in total. The number of benzene rings is 4. The van der Waals surface area contributed by atoms with Crippen molar-refractivity contribution in [2.45, 2.75) is 6.18 Å². The predicted octanol–water partition coefficient (Wildman–Crippen LogP) is 7.76. The molecular weight excluding hydrogens is 425 g/mol. The van der Waals surface area contributed by atoms with Crippen molar-refractivity contribution in [1.29, 1.82) is 0 Å². The van der Waals surface area contributed by atoms with Crippen molar-refractivity contribution in [3.63, 3.8) is 0 Å². The summed E-state index contributed by atoms with van der Waals surface area (Å²) in [7, 11) is 0. The Morgan fingerprint density at radius 1 is 0.485 bits per heavy atom.